The highest BCUT2D eigenvalue weighted by molar-refractivity contribution is 5.81. The van der Waals surface area contributed by atoms with Gasteiger partial charge in [-0.3, -0.25) is 9.69 Å². The molecular formula is C12H24N2O2. The molecule has 1 heterocycles. The SMILES string of the molecule is CCCCNC(=O)C(C)N1CCCC1CO. The normalized spacial score (nSPS) is 23.3. The molecule has 1 amide bonds. The molecule has 1 rings (SSSR count). The Morgan fingerprint density at radius 3 is 3.00 bits per heavy atom. The van der Waals surface area contributed by atoms with Crippen LogP contribution in [0.3, 0.4) is 0 Å². The van der Waals surface area contributed by atoms with Gasteiger partial charge in [-0.1, -0.05) is 13.3 Å². The Bertz CT molecular complexity index is 221. The second kappa shape index (κ2) is 6.86. The summed E-state index contributed by atoms with van der Waals surface area (Å²) in [6.45, 7) is 5.88. The number of likely N-dealkylation sites (tertiary alicyclic amines) is 1. The quantitative estimate of drug-likeness (QED) is 0.660. The van der Waals surface area contributed by atoms with Crippen LogP contribution >= 0.6 is 0 Å². The third-order valence-corrected chi connectivity index (χ3v) is 3.34. The van der Waals surface area contributed by atoms with Gasteiger partial charge in [0.05, 0.1) is 12.6 Å². The average molecular weight is 228 g/mol. The van der Waals surface area contributed by atoms with E-state index >= 15 is 0 Å². The lowest BCUT2D eigenvalue weighted by molar-refractivity contribution is -0.126. The van der Waals surface area contributed by atoms with E-state index < -0.39 is 0 Å². The monoisotopic (exact) mass is 228 g/mol. The molecule has 1 fully saturated rings. The Labute approximate surface area is 98.0 Å². The van der Waals surface area contributed by atoms with Gasteiger partial charge >= 0.3 is 0 Å². The molecule has 1 saturated heterocycles. The highest BCUT2D eigenvalue weighted by atomic mass is 16.3. The van der Waals surface area contributed by atoms with Gasteiger partial charge in [0.25, 0.3) is 0 Å². The Kier molecular flexibility index (Phi) is 5.77. The van der Waals surface area contributed by atoms with Crippen molar-refractivity contribution in [3.05, 3.63) is 0 Å². The van der Waals surface area contributed by atoms with Crippen LogP contribution in [0.2, 0.25) is 0 Å². The van der Waals surface area contributed by atoms with Crippen molar-refractivity contribution in [3.63, 3.8) is 0 Å². The smallest absolute Gasteiger partial charge is 0.237 e. The molecule has 0 bridgehead atoms. The zero-order valence-electron chi connectivity index (χ0n) is 10.4. The van der Waals surface area contributed by atoms with Gasteiger partial charge in [-0.15, -0.1) is 0 Å². The molecule has 0 spiro atoms. The van der Waals surface area contributed by atoms with Gasteiger partial charge in [0.15, 0.2) is 0 Å². The van der Waals surface area contributed by atoms with Crippen molar-refractivity contribution in [2.24, 2.45) is 0 Å². The third-order valence-electron chi connectivity index (χ3n) is 3.34. The van der Waals surface area contributed by atoms with Crippen LogP contribution in [-0.4, -0.2) is 47.7 Å². The molecule has 0 saturated carbocycles. The fourth-order valence-corrected chi connectivity index (χ4v) is 2.25. The highest BCUT2D eigenvalue weighted by Gasteiger charge is 2.31. The zero-order chi connectivity index (χ0) is 12.0. The summed E-state index contributed by atoms with van der Waals surface area (Å²) in [5.74, 6) is 0.0915. The summed E-state index contributed by atoms with van der Waals surface area (Å²) in [6, 6.07) is 0.0587. The summed E-state index contributed by atoms with van der Waals surface area (Å²) in [7, 11) is 0. The summed E-state index contributed by atoms with van der Waals surface area (Å²) in [5.41, 5.74) is 0. The number of carbonyl (C=O) groups excluding carboxylic acids is 1. The summed E-state index contributed by atoms with van der Waals surface area (Å²) >= 11 is 0. The number of rotatable bonds is 6. The zero-order valence-corrected chi connectivity index (χ0v) is 10.4. The van der Waals surface area contributed by atoms with Crippen molar-refractivity contribution >= 4 is 5.91 Å². The van der Waals surface area contributed by atoms with E-state index in [1.807, 2.05) is 6.92 Å². The molecule has 2 atom stereocenters. The first kappa shape index (κ1) is 13.5. The Balaban J connectivity index is 2.37. The lowest BCUT2D eigenvalue weighted by Gasteiger charge is -2.28. The molecule has 2 unspecified atom stereocenters. The van der Waals surface area contributed by atoms with Gasteiger partial charge < -0.3 is 10.4 Å². The van der Waals surface area contributed by atoms with Crippen LogP contribution in [-0.2, 0) is 4.79 Å². The minimum Gasteiger partial charge on any atom is -0.395 e. The number of hydrogen-bond acceptors (Lipinski definition) is 3. The minimum atomic E-state index is -0.114. The molecule has 4 nitrogen and oxygen atoms in total. The molecule has 4 heteroatoms. The lowest BCUT2D eigenvalue weighted by atomic mass is 10.2. The van der Waals surface area contributed by atoms with Crippen LogP contribution in [0.1, 0.15) is 39.5 Å². The van der Waals surface area contributed by atoms with Crippen LogP contribution in [0.4, 0.5) is 0 Å². The van der Waals surface area contributed by atoms with E-state index in [9.17, 15) is 9.90 Å². The first-order chi connectivity index (χ1) is 7.70. The molecule has 0 aromatic rings. The third kappa shape index (κ3) is 3.46. The largest absolute Gasteiger partial charge is 0.395 e. The average Bonchev–Trinajstić information content (AvgIpc) is 2.76. The maximum absolute atomic E-state index is 11.8. The fraction of sp³-hybridized carbons (Fsp3) is 0.917. The number of aliphatic hydroxyl groups is 1. The Morgan fingerprint density at radius 1 is 1.62 bits per heavy atom. The van der Waals surface area contributed by atoms with Crippen molar-refractivity contribution in [1.29, 1.82) is 0 Å². The number of unbranched alkanes of at least 4 members (excludes halogenated alkanes) is 1. The van der Waals surface area contributed by atoms with Crippen molar-refractivity contribution in [2.75, 3.05) is 19.7 Å². The van der Waals surface area contributed by atoms with Gasteiger partial charge in [-0.25, -0.2) is 0 Å². The van der Waals surface area contributed by atoms with E-state index in [2.05, 4.69) is 17.1 Å². The van der Waals surface area contributed by atoms with Crippen LogP contribution in [0.25, 0.3) is 0 Å². The number of carbonyl (C=O) groups is 1. The van der Waals surface area contributed by atoms with E-state index in [4.69, 9.17) is 0 Å². The van der Waals surface area contributed by atoms with Gasteiger partial charge in [-0.2, -0.15) is 0 Å². The predicted octanol–water partition coefficient (Wildman–Crippen LogP) is 0.748. The molecular weight excluding hydrogens is 204 g/mol. The molecule has 0 radical (unpaired) electrons. The fourth-order valence-electron chi connectivity index (χ4n) is 2.25. The van der Waals surface area contributed by atoms with E-state index in [-0.39, 0.29) is 24.6 Å². The second-order valence-corrected chi connectivity index (χ2v) is 4.54. The number of aliphatic hydroxyl groups excluding tert-OH is 1. The van der Waals surface area contributed by atoms with Crippen molar-refractivity contribution in [2.45, 2.75) is 51.6 Å². The van der Waals surface area contributed by atoms with Gasteiger partial charge in [0.1, 0.15) is 0 Å². The standard InChI is InChI=1S/C12H24N2O2/c1-3-4-7-13-12(16)10(2)14-8-5-6-11(14)9-15/h10-11,15H,3-9H2,1-2H3,(H,13,16). The number of hydrogen-bond donors (Lipinski definition) is 2. The second-order valence-electron chi connectivity index (χ2n) is 4.54. The minimum absolute atomic E-state index is 0.0915. The molecule has 0 aromatic carbocycles. The molecule has 1 aliphatic heterocycles. The van der Waals surface area contributed by atoms with E-state index in [0.717, 1.165) is 38.8 Å². The van der Waals surface area contributed by atoms with Crippen LogP contribution in [0.5, 0.6) is 0 Å². The summed E-state index contributed by atoms with van der Waals surface area (Å²) in [6.07, 6.45) is 4.21. The molecule has 1 aliphatic rings. The van der Waals surface area contributed by atoms with Gasteiger partial charge in [0.2, 0.25) is 5.91 Å². The number of nitrogens with one attached hydrogen (secondary N) is 1. The maximum Gasteiger partial charge on any atom is 0.237 e. The summed E-state index contributed by atoms with van der Waals surface area (Å²) in [5, 5.41) is 12.2. The van der Waals surface area contributed by atoms with E-state index in [0.29, 0.717) is 0 Å². The molecule has 0 aliphatic carbocycles. The number of nitrogens with zero attached hydrogens (tertiary/aromatic N) is 1. The predicted molar refractivity (Wildman–Crippen MR) is 64.2 cm³/mol. The van der Waals surface area contributed by atoms with E-state index in [1.54, 1.807) is 0 Å². The van der Waals surface area contributed by atoms with Crippen molar-refractivity contribution < 1.29 is 9.90 Å². The van der Waals surface area contributed by atoms with Gasteiger partial charge in [-0.05, 0) is 32.7 Å². The van der Waals surface area contributed by atoms with Crippen LogP contribution < -0.4 is 5.32 Å². The highest BCUT2D eigenvalue weighted by Crippen LogP contribution is 2.19. The molecule has 0 aromatic heterocycles. The maximum atomic E-state index is 11.8. The van der Waals surface area contributed by atoms with Crippen LogP contribution in [0.15, 0.2) is 0 Å². The lowest BCUT2D eigenvalue weighted by Crippen LogP contribution is -2.48. The van der Waals surface area contributed by atoms with Crippen LogP contribution in [0, 0.1) is 0 Å². The topological polar surface area (TPSA) is 52.6 Å². The molecule has 94 valence electrons. The Hall–Kier alpha value is -0.610. The van der Waals surface area contributed by atoms with E-state index in [1.165, 1.54) is 0 Å². The first-order valence-electron chi connectivity index (χ1n) is 6.35. The van der Waals surface area contributed by atoms with Crippen molar-refractivity contribution in [3.8, 4) is 0 Å². The number of amides is 1. The van der Waals surface area contributed by atoms with Gasteiger partial charge in [0, 0.05) is 12.6 Å². The van der Waals surface area contributed by atoms with Crippen molar-refractivity contribution in [1.82, 2.24) is 10.2 Å². The Morgan fingerprint density at radius 2 is 2.38 bits per heavy atom. The first-order valence-corrected chi connectivity index (χ1v) is 6.35. The summed E-state index contributed by atoms with van der Waals surface area (Å²) < 4.78 is 0. The summed E-state index contributed by atoms with van der Waals surface area (Å²) in [4.78, 5) is 13.9. The molecule has 2 N–H and O–H groups in total. The molecule has 16 heavy (non-hydrogen) atoms.